The lowest BCUT2D eigenvalue weighted by Gasteiger charge is -2.28. The van der Waals surface area contributed by atoms with Gasteiger partial charge in [-0.25, -0.2) is 0 Å². The minimum Gasteiger partial charge on any atom is -0.319 e. The van der Waals surface area contributed by atoms with E-state index in [1.165, 1.54) is 64.7 Å². The molecule has 3 heteroatoms. The lowest BCUT2D eigenvalue weighted by molar-refractivity contribution is 0.229. The predicted molar refractivity (Wildman–Crippen MR) is 81.5 cm³/mol. The Morgan fingerprint density at radius 1 is 1.17 bits per heavy atom. The van der Waals surface area contributed by atoms with Gasteiger partial charge in [0.2, 0.25) is 0 Å². The molecule has 1 heterocycles. The standard InChI is InChI=1S/C15H30N2.ClH/c1-13-4-3-5-14(10-13)6-8-17-9-7-15(12-17)11-16-2;/h13-16H,3-12H2,1-2H3;1H. The lowest BCUT2D eigenvalue weighted by atomic mass is 9.81. The largest absolute Gasteiger partial charge is 0.319 e. The van der Waals surface area contributed by atoms with Crippen molar-refractivity contribution >= 4 is 12.4 Å². The summed E-state index contributed by atoms with van der Waals surface area (Å²) in [6, 6.07) is 0. The van der Waals surface area contributed by atoms with Crippen molar-refractivity contribution in [2.75, 3.05) is 33.2 Å². The molecular weight excluding hydrogens is 244 g/mol. The molecule has 3 unspecified atom stereocenters. The van der Waals surface area contributed by atoms with Crippen LogP contribution < -0.4 is 5.32 Å². The fourth-order valence-electron chi connectivity index (χ4n) is 3.76. The van der Waals surface area contributed by atoms with E-state index in [2.05, 4.69) is 24.2 Å². The summed E-state index contributed by atoms with van der Waals surface area (Å²) >= 11 is 0. The minimum absolute atomic E-state index is 0. The highest BCUT2D eigenvalue weighted by atomic mass is 35.5. The number of halogens is 1. The number of nitrogens with zero attached hydrogens (tertiary/aromatic N) is 1. The molecule has 1 aliphatic carbocycles. The molecule has 1 aliphatic heterocycles. The Bertz CT molecular complexity index is 223. The van der Waals surface area contributed by atoms with Gasteiger partial charge < -0.3 is 10.2 Å². The van der Waals surface area contributed by atoms with Crippen LogP contribution >= 0.6 is 12.4 Å². The maximum atomic E-state index is 3.31. The third-order valence-electron chi connectivity index (χ3n) is 4.76. The van der Waals surface area contributed by atoms with Crippen LogP contribution in [0.3, 0.4) is 0 Å². The van der Waals surface area contributed by atoms with Gasteiger partial charge in [-0.1, -0.05) is 26.2 Å². The second-order valence-corrected chi connectivity index (χ2v) is 6.44. The van der Waals surface area contributed by atoms with Gasteiger partial charge in [-0.15, -0.1) is 12.4 Å². The molecule has 2 rings (SSSR count). The van der Waals surface area contributed by atoms with Crippen molar-refractivity contribution in [3.63, 3.8) is 0 Å². The van der Waals surface area contributed by atoms with Crippen molar-refractivity contribution in [3.05, 3.63) is 0 Å². The van der Waals surface area contributed by atoms with Gasteiger partial charge in [-0.2, -0.15) is 0 Å². The molecule has 0 amide bonds. The Morgan fingerprint density at radius 2 is 2.00 bits per heavy atom. The van der Waals surface area contributed by atoms with Gasteiger partial charge >= 0.3 is 0 Å². The van der Waals surface area contributed by atoms with E-state index in [0.29, 0.717) is 0 Å². The molecule has 0 aromatic heterocycles. The summed E-state index contributed by atoms with van der Waals surface area (Å²) < 4.78 is 0. The van der Waals surface area contributed by atoms with Crippen molar-refractivity contribution in [2.24, 2.45) is 17.8 Å². The van der Waals surface area contributed by atoms with E-state index < -0.39 is 0 Å². The highest BCUT2D eigenvalue weighted by Crippen LogP contribution is 2.31. The molecule has 108 valence electrons. The quantitative estimate of drug-likeness (QED) is 0.829. The first-order chi connectivity index (χ1) is 8.28. The second kappa shape index (κ2) is 8.39. The summed E-state index contributed by atoms with van der Waals surface area (Å²) in [6.07, 6.45) is 8.81. The molecule has 0 bridgehead atoms. The van der Waals surface area contributed by atoms with E-state index in [9.17, 15) is 0 Å². The molecule has 2 fully saturated rings. The molecule has 2 nitrogen and oxygen atoms in total. The molecule has 1 saturated carbocycles. The molecule has 1 saturated heterocycles. The van der Waals surface area contributed by atoms with E-state index in [0.717, 1.165) is 17.8 Å². The Balaban J connectivity index is 0.00000162. The van der Waals surface area contributed by atoms with Crippen LogP contribution in [-0.2, 0) is 0 Å². The Morgan fingerprint density at radius 3 is 2.72 bits per heavy atom. The van der Waals surface area contributed by atoms with Crippen molar-refractivity contribution in [1.82, 2.24) is 10.2 Å². The van der Waals surface area contributed by atoms with E-state index in [-0.39, 0.29) is 12.4 Å². The van der Waals surface area contributed by atoms with E-state index >= 15 is 0 Å². The smallest absolute Gasteiger partial charge is 0.00223 e. The summed E-state index contributed by atoms with van der Waals surface area (Å²) in [7, 11) is 2.08. The zero-order valence-electron chi connectivity index (χ0n) is 12.2. The molecule has 3 atom stereocenters. The third-order valence-corrected chi connectivity index (χ3v) is 4.76. The van der Waals surface area contributed by atoms with Crippen LogP contribution in [0.15, 0.2) is 0 Å². The maximum absolute atomic E-state index is 3.31. The van der Waals surface area contributed by atoms with Crippen LogP contribution in [0.5, 0.6) is 0 Å². The van der Waals surface area contributed by atoms with Crippen LogP contribution in [-0.4, -0.2) is 38.1 Å². The fraction of sp³-hybridized carbons (Fsp3) is 1.00. The zero-order chi connectivity index (χ0) is 12.1. The van der Waals surface area contributed by atoms with Gasteiger partial charge in [0.05, 0.1) is 0 Å². The van der Waals surface area contributed by atoms with Crippen molar-refractivity contribution < 1.29 is 0 Å². The molecular formula is C15H31ClN2. The Kier molecular flexibility index (Phi) is 7.59. The van der Waals surface area contributed by atoms with E-state index in [1.54, 1.807) is 0 Å². The van der Waals surface area contributed by atoms with Crippen molar-refractivity contribution in [1.29, 1.82) is 0 Å². The molecule has 2 aliphatic rings. The second-order valence-electron chi connectivity index (χ2n) is 6.44. The first kappa shape index (κ1) is 16.3. The van der Waals surface area contributed by atoms with Gasteiger partial charge in [-0.3, -0.25) is 0 Å². The van der Waals surface area contributed by atoms with Crippen LogP contribution in [0.25, 0.3) is 0 Å². The Labute approximate surface area is 119 Å². The van der Waals surface area contributed by atoms with Crippen molar-refractivity contribution in [3.8, 4) is 0 Å². The highest BCUT2D eigenvalue weighted by Gasteiger charge is 2.24. The van der Waals surface area contributed by atoms with E-state index in [4.69, 9.17) is 0 Å². The first-order valence-electron chi connectivity index (χ1n) is 7.65. The summed E-state index contributed by atoms with van der Waals surface area (Å²) in [6.45, 7) is 7.68. The number of nitrogens with one attached hydrogen (secondary N) is 1. The summed E-state index contributed by atoms with van der Waals surface area (Å²) in [5.41, 5.74) is 0. The number of likely N-dealkylation sites (tertiary alicyclic amines) is 1. The highest BCUT2D eigenvalue weighted by molar-refractivity contribution is 5.85. The van der Waals surface area contributed by atoms with Gasteiger partial charge in [0.25, 0.3) is 0 Å². The van der Waals surface area contributed by atoms with Gasteiger partial charge in [0.15, 0.2) is 0 Å². The molecule has 0 spiro atoms. The van der Waals surface area contributed by atoms with Gasteiger partial charge in [0.1, 0.15) is 0 Å². The maximum Gasteiger partial charge on any atom is 0.00223 e. The number of hydrogen-bond donors (Lipinski definition) is 1. The monoisotopic (exact) mass is 274 g/mol. The summed E-state index contributed by atoms with van der Waals surface area (Å²) in [4.78, 5) is 2.70. The molecule has 0 radical (unpaired) electrons. The van der Waals surface area contributed by atoms with E-state index in [1.807, 2.05) is 0 Å². The van der Waals surface area contributed by atoms with Gasteiger partial charge in [-0.05, 0) is 63.7 Å². The minimum atomic E-state index is 0. The van der Waals surface area contributed by atoms with Gasteiger partial charge in [0, 0.05) is 6.54 Å². The predicted octanol–water partition coefficient (Wildman–Crippen LogP) is 3.17. The lowest BCUT2D eigenvalue weighted by Crippen LogP contribution is -2.27. The molecule has 18 heavy (non-hydrogen) atoms. The third kappa shape index (κ3) is 5.07. The van der Waals surface area contributed by atoms with Crippen LogP contribution in [0, 0.1) is 17.8 Å². The van der Waals surface area contributed by atoms with Crippen molar-refractivity contribution in [2.45, 2.75) is 45.4 Å². The summed E-state index contributed by atoms with van der Waals surface area (Å²) in [5.74, 6) is 2.93. The molecule has 0 aromatic rings. The molecule has 0 aromatic carbocycles. The number of hydrogen-bond acceptors (Lipinski definition) is 2. The SMILES string of the molecule is CNCC1CCN(CCC2CCCC(C)C2)C1.Cl. The normalized spacial score (nSPS) is 33.3. The number of rotatable bonds is 5. The van der Waals surface area contributed by atoms with Crippen LogP contribution in [0.1, 0.15) is 45.4 Å². The first-order valence-corrected chi connectivity index (χ1v) is 7.65. The van der Waals surface area contributed by atoms with Crippen LogP contribution in [0.2, 0.25) is 0 Å². The van der Waals surface area contributed by atoms with Crippen LogP contribution in [0.4, 0.5) is 0 Å². The zero-order valence-corrected chi connectivity index (χ0v) is 13.0. The average molecular weight is 275 g/mol. The molecule has 1 N–H and O–H groups in total. The Hall–Kier alpha value is 0.210. The summed E-state index contributed by atoms with van der Waals surface area (Å²) in [5, 5.41) is 3.31. The fourth-order valence-corrected chi connectivity index (χ4v) is 3.76. The average Bonchev–Trinajstić information content (AvgIpc) is 2.75. The topological polar surface area (TPSA) is 15.3 Å².